The lowest BCUT2D eigenvalue weighted by Gasteiger charge is -2.40. The molecule has 0 amide bonds. The molecule has 152 valence electrons. The van der Waals surface area contributed by atoms with Crippen LogP contribution in [0.25, 0.3) is 0 Å². The number of nitrogens with one attached hydrogen (secondary N) is 2. The summed E-state index contributed by atoms with van der Waals surface area (Å²) >= 11 is 0. The van der Waals surface area contributed by atoms with E-state index < -0.39 is 0 Å². The number of aryl methyl sites for hydroxylation is 1. The fourth-order valence-corrected chi connectivity index (χ4v) is 3.46. The number of hydrogen-bond donors (Lipinski definition) is 2. The Balaban J connectivity index is 1.97. The highest BCUT2D eigenvalue weighted by Crippen LogP contribution is 2.13. The molecule has 2 N–H and O–H groups in total. The summed E-state index contributed by atoms with van der Waals surface area (Å²) in [5.41, 5.74) is 1.68. The van der Waals surface area contributed by atoms with E-state index in [4.69, 9.17) is 0 Å². The van der Waals surface area contributed by atoms with Crippen molar-refractivity contribution >= 4 is 5.96 Å². The number of piperazine rings is 1. The third kappa shape index (κ3) is 6.78. The molecule has 0 aliphatic carbocycles. The van der Waals surface area contributed by atoms with Crippen molar-refractivity contribution in [1.29, 1.82) is 0 Å². The van der Waals surface area contributed by atoms with Gasteiger partial charge in [0.15, 0.2) is 5.96 Å². The maximum absolute atomic E-state index is 13.4. The van der Waals surface area contributed by atoms with Crippen LogP contribution in [0.4, 0.5) is 4.39 Å². The third-order valence-electron chi connectivity index (χ3n) is 5.24. The van der Waals surface area contributed by atoms with E-state index >= 15 is 0 Å². The fourth-order valence-electron chi connectivity index (χ4n) is 3.46. The third-order valence-corrected chi connectivity index (χ3v) is 5.24. The monoisotopic (exact) mass is 377 g/mol. The van der Waals surface area contributed by atoms with Gasteiger partial charge in [-0.1, -0.05) is 26.0 Å². The van der Waals surface area contributed by atoms with Crippen LogP contribution in [0.1, 0.15) is 31.9 Å². The molecule has 5 nitrogen and oxygen atoms in total. The summed E-state index contributed by atoms with van der Waals surface area (Å²) < 4.78 is 13.4. The molecule has 0 spiro atoms. The molecule has 1 heterocycles. The van der Waals surface area contributed by atoms with E-state index in [9.17, 15) is 4.39 Å². The molecule has 1 aromatic rings. The summed E-state index contributed by atoms with van der Waals surface area (Å²) in [6.45, 7) is 15.1. The smallest absolute Gasteiger partial charge is 0.191 e. The van der Waals surface area contributed by atoms with Crippen molar-refractivity contribution in [2.45, 2.75) is 40.3 Å². The number of aliphatic imine (C=N–C) groups is 1. The second-order valence-electron chi connectivity index (χ2n) is 7.81. The Labute approximate surface area is 164 Å². The van der Waals surface area contributed by atoms with Crippen LogP contribution in [0.3, 0.4) is 0 Å². The molecule has 1 fully saturated rings. The molecule has 27 heavy (non-hydrogen) atoms. The minimum absolute atomic E-state index is 0.167. The average Bonchev–Trinajstić information content (AvgIpc) is 2.63. The lowest BCUT2D eigenvalue weighted by atomic mass is 10.0. The van der Waals surface area contributed by atoms with Gasteiger partial charge in [-0.2, -0.15) is 0 Å². The maximum Gasteiger partial charge on any atom is 0.191 e. The topological polar surface area (TPSA) is 42.9 Å². The van der Waals surface area contributed by atoms with E-state index in [0.29, 0.717) is 24.1 Å². The molecule has 1 unspecified atom stereocenters. The van der Waals surface area contributed by atoms with Crippen LogP contribution in [0.15, 0.2) is 23.2 Å². The van der Waals surface area contributed by atoms with Crippen LogP contribution in [0.5, 0.6) is 0 Å². The van der Waals surface area contributed by atoms with Gasteiger partial charge < -0.3 is 15.5 Å². The Bertz CT molecular complexity index is 609. The number of nitrogens with zero attached hydrogens (tertiary/aromatic N) is 3. The molecule has 1 saturated heterocycles. The first-order valence-corrected chi connectivity index (χ1v) is 10.1. The Morgan fingerprint density at radius 1 is 1.19 bits per heavy atom. The largest absolute Gasteiger partial charge is 0.357 e. The number of benzene rings is 1. The molecule has 2 rings (SSSR count). The maximum atomic E-state index is 13.4. The highest BCUT2D eigenvalue weighted by Gasteiger charge is 2.25. The van der Waals surface area contributed by atoms with Gasteiger partial charge in [0.25, 0.3) is 0 Å². The highest BCUT2D eigenvalue weighted by molar-refractivity contribution is 5.79. The summed E-state index contributed by atoms with van der Waals surface area (Å²) in [5, 5.41) is 6.84. The van der Waals surface area contributed by atoms with Gasteiger partial charge in [0.05, 0.1) is 6.54 Å². The van der Waals surface area contributed by atoms with E-state index in [1.54, 1.807) is 13.0 Å². The summed E-state index contributed by atoms with van der Waals surface area (Å²) in [4.78, 5) is 9.66. The van der Waals surface area contributed by atoms with Crippen molar-refractivity contribution in [1.82, 2.24) is 20.4 Å². The van der Waals surface area contributed by atoms with Crippen molar-refractivity contribution < 1.29 is 4.39 Å². The summed E-state index contributed by atoms with van der Waals surface area (Å²) in [7, 11) is 2.19. The number of rotatable bonds is 7. The quantitative estimate of drug-likeness (QED) is 0.566. The molecule has 0 bridgehead atoms. The van der Waals surface area contributed by atoms with Crippen LogP contribution < -0.4 is 10.6 Å². The minimum atomic E-state index is -0.167. The van der Waals surface area contributed by atoms with E-state index in [1.807, 2.05) is 6.07 Å². The molecule has 0 radical (unpaired) electrons. The lowest BCUT2D eigenvalue weighted by Crippen LogP contribution is -2.55. The van der Waals surface area contributed by atoms with Crippen molar-refractivity contribution in [2.24, 2.45) is 10.9 Å². The Hall–Kier alpha value is -1.66. The van der Waals surface area contributed by atoms with Gasteiger partial charge in [-0.25, -0.2) is 9.38 Å². The van der Waals surface area contributed by atoms with Crippen molar-refractivity contribution in [3.63, 3.8) is 0 Å². The van der Waals surface area contributed by atoms with Crippen LogP contribution in [0.2, 0.25) is 0 Å². The SMILES string of the molecule is CCNC(=NCc1ccc(F)c(C)c1)NCC(C(C)C)N1CCN(C)CC1. The molecule has 1 aliphatic heterocycles. The van der Waals surface area contributed by atoms with Crippen LogP contribution in [-0.4, -0.2) is 68.1 Å². The second-order valence-corrected chi connectivity index (χ2v) is 7.81. The zero-order valence-corrected chi connectivity index (χ0v) is 17.6. The predicted molar refractivity (Wildman–Crippen MR) is 112 cm³/mol. The van der Waals surface area contributed by atoms with E-state index in [-0.39, 0.29) is 5.82 Å². The van der Waals surface area contributed by atoms with E-state index in [0.717, 1.165) is 50.8 Å². The molecule has 0 aromatic heterocycles. The Kier molecular flexibility index (Phi) is 8.51. The summed E-state index contributed by atoms with van der Waals surface area (Å²) in [6.07, 6.45) is 0. The first-order valence-electron chi connectivity index (χ1n) is 10.1. The zero-order chi connectivity index (χ0) is 19.8. The molecule has 6 heteroatoms. The first-order chi connectivity index (χ1) is 12.9. The van der Waals surface area contributed by atoms with Crippen molar-refractivity contribution in [3.8, 4) is 0 Å². The number of guanidine groups is 1. The van der Waals surface area contributed by atoms with Crippen molar-refractivity contribution in [2.75, 3.05) is 46.3 Å². The van der Waals surface area contributed by atoms with Gasteiger partial charge in [0.2, 0.25) is 0 Å². The van der Waals surface area contributed by atoms with Crippen LogP contribution in [-0.2, 0) is 6.54 Å². The fraction of sp³-hybridized carbons (Fsp3) is 0.667. The molecule has 1 aromatic carbocycles. The standard InChI is InChI=1S/C21H36FN5/c1-6-23-21(24-14-18-7-8-19(22)17(4)13-18)25-15-20(16(2)3)27-11-9-26(5)10-12-27/h7-8,13,16,20H,6,9-12,14-15H2,1-5H3,(H2,23,24,25). The summed E-state index contributed by atoms with van der Waals surface area (Å²) in [6, 6.07) is 5.67. The minimum Gasteiger partial charge on any atom is -0.357 e. The van der Waals surface area contributed by atoms with Gasteiger partial charge in [-0.15, -0.1) is 0 Å². The zero-order valence-electron chi connectivity index (χ0n) is 17.6. The lowest BCUT2D eigenvalue weighted by molar-refractivity contribution is 0.0900. The second kappa shape index (κ2) is 10.6. The molecule has 1 atom stereocenters. The molecule has 1 aliphatic rings. The predicted octanol–water partition coefficient (Wildman–Crippen LogP) is 2.46. The normalized spacial score (nSPS) is 18.0. The van der Waals surface area contributed by atoms with Crippen LogP contribution >= 0.6 is 0 Å². The summed E-state index contributed by atoms with van der Waals surface area (Å²) in [5.74, 6) is 1.22. The Morgan fingerprint density at radius 2 is 1.89 bits per heavy atom. The van der Waals surface area contributed by atoms with Crippen molar-refractivity contribution in [3.05, 3.63) is 35.1 Å². The van der Waals surface area contributed by atoms with Gasteiger partial charge >= 0.3 is 0 Å². The highest BCUT2D eigenvalue weighted by atomic mass is 19.1. The van der Waals surface area contributed by atoms with E-state index in [1.165, 1.54) is 6.07 Å². The average molecular weight is 378 g/mol. The van der Waals surface area contributed by atoms with Gasteiger partial charge in [-0.05, 0) is 44.0 Å². The molecule has 0 saturated carbocycles. The first kappa shape index (κ1) is 21.6. The number of hydrogen-bond acceptors (Lipinski definition) is 3. The van der Waals surface area contributed by atoms with E-state index in [2.05, 4.69) is 53.2 Å². The van der Waals surface area contributed by atoms with Gasteiger partial charge in [0, 0.05) is 45.3 Å². The van der Waals surface area contributed by atoms with Gasteiger partial charge in [-0.3, -0.25) is 4.90 Å². The number of likely N-dealkylation sites (N-methyl/N-ethyl adjacent to an activating group) is 1. The molecular weight excluding hydrogens is 341 g/mol. The number of halogens is 1. The Morgan fingerprint density at radius 3 is 2.48 bits per heavy atom. The van der Waals surface area contributed by atoms with Crippen LogP contribution in [0, 0.1) is 18.7 Å². The van der Waals surface area contributed by atoms with Gasteiger partial charge in [0.1, 0.15) is 5.82 Å². The molecular formula is C21H36FN5.